The van der Waals surface area contributed by atoms with E-state index in [-0.39, 0.29) is 43.1 Å². The fourth-order valence-electron chi connectivity index (χ4n) is 5.72. The van der Waals surface area contributed by atoms with Gasteiger partial charge in [-0.2, -0.15) is 13.2 Å². The molecule has 0 radical (unpaired) electrons. The summed E-state index contributed by atoms with van der Waals surface area (Å²) in [6.45, 7) is 7.94. The predicted molar refractivity (Wildman–Crippen MR) is 181 cm³/mol. The van der Waals surface area contributed by atoms with E-state index in [0.717, 1.165) is 43.5 Å². The van der Waals surface area contributed by atoms with Gasteiger partial charge in [-0.1, -0.05) is 19.1 Å². The second-order valence-corrected chi connectivity index (χ2v) is 13.4. The number of amides is 2. The Bertz CT molecular complexity index is 1310. The third-order valence-electron chi connectivity index (χ3n) is 8.57. The lowest BCUT2D eigenvalue weighted by Gasteiger charge is -2.36. The van der Waals surface area contributed by atoms with Crippen molar-refractivity contribution in [3.8, 4) is 5.75 Å². The number of rotatable bonds is 11. The first-order valence-corrected chi connectivity index (χ1v) is 16.8. The van der Waals surface area contributed by atoms with Crippen LogP contribution in [-0.4, -0.2) is 104 Å². The third-order valence-corrected chi connectivity index (χ3v) is 8.57. The van der Waals surface area contributed by atoms with Crippen molar-refractivity contribution in [2.45, 2.75) is 83.8 Å². The first-order valence-electron chi connectivity index (χ1n) is 16.8. The van der Waals surface area contributed by atoms with Crippen LogP contribution in [0.25, 0.3) is 0 Å². The van der Waals surface area contributed by atoms with Crippen LogP contribution in [0.5, 0.6) is 5.75 Å². The van der Waals surface area contributed by atoms with E-state index in [1.165, 1.54) is 12.1 Å². The zero-order valence-corrected chi connectivity index (χ0v) is 29.2. The summed E-state index contributed by atoms with van der Waals surface area (Å²) in [7, 11) is 5.80. The van der Waals surface area contributed by atoms with E-state index >= 15 is 0 Å². The maximum absolute atomic E-state index is 14.3. The Labute approximate surface area is 283 Å². The summed E-state index contributed by atoms with van der Waals surface area (Å²) in [4.78, 5) is 32.6. The summed E-state index contributed by atoms with van der Waals surface area (Å²) in [5.41, 5.74) is 0.853. The minimum Gasteiger partial charge on any atom is -0.490 e. The molecule has 0 aromatic heterocycles. The highest BCUT2D eigenvalue weighted by Crippen LogP contribution is 2.30. The van der Waals surface area contributed by atoms with Gasteiger partial charge in [0.15, 0.2) is 0 Å². The number of nitrogens with zero attached hydrogens (tertiary/aromatic N) is 3. The fourth-order valence-corrected chi connectivity index (χ4v) is 5.72. The molecule has 48 heavy (non-hydrogen) atoms. The van der Waals surface area contributed by atoms with Gasteiger partial charge in [-0.25, -0.2) is 0 Å². The molecule has 0 spiro atoms. The standard InChI is InChI=1S/C36H53F3N4O5/c1-25-21-43(26(2)24-44)35(46)31-20-30(40-34(45)11-9-18-41(4)5)16-17-32(31)48-27(3)10-7-8-19-47-33(25)23-42(6)22-28-12-14-29(15-13-28)36(37,38)39/h12-17,20,25-27,33,44H,7-11,18-19,21-24H2,1-6H3,(H,40,45)/t25-,26-,27-,33-/m1/s1. The Morgan fingerprint density at radius 1 is 1.10 bits per heavy atom. The normalized spacial score (nSPS) is 20.6. The van der Waals surface area contributed by atoms with Crippen molar-refractivity contribution in [2.24, 2.45) is 5.92 Å². The van der Waals surface area contributed by atoms with Gasteiger partial charge in [-0.3, -0.25) is 14.5 Å². The topological polar surface area (TPSA) is 94.6 Å². The molecule has 1 aliphatic heterocycles. The molecule has 2 aromatic rings. The number of carbonyl (C=O) groups excluding carboxylic acids is 2. The number of carbonyl (C=O) groups is 2. The summed E-state index contributed by atoms with van der Waals surface area (Å²) in [5, 5.41) is 13.1. The van der Waals surface area contributed by atoms with E-state index < -0.39 is 17.8 Å². The number of alkyl halides is 3. The van der Waals surface area contributed by atoms with Crippen LogP contribution in [0.1, 0.15) is 74.4 Å². The van der Waals surface area contributed by atoms with Crippen molar-refractivity contribution in [2.75, 3.05) is 59.3 Å². The van der Waals surface area contributed by atoms with Crippen LogP contribution in [0.3, 0.4) is 0 Å². The molecule has 268 valence electrons. The van der Waals surface area contributed by atoms with Crippen molar-refractivity contribution in [1.29, 1.82) is 0 Å². The minimum atomic E-state index is -4.39. The molecule has 2 amide bonds. The predicted octanol–water partition coefficient (Wildman–Crippen LogP) is 5.91. The van der Waals surface area contributed by atoms with Gasteiger partial charge >= 0.3 is 6.18 Å². The van der Waals surface area contributed by atoms with Gasteiger partial charge in [0, 0.05) is 44.3 Å². The number of hydrogen-bond donors (Lipinski definition) is 2. The number of anilines is 1. The van der Waals surface area contributed by atoms with E-state index in [4.69, 9.17) is 9.47 Å². The Hall–Kier alpha value is -3.19. The van der Waals surface area contributed by atoms with Crippen molar-refractivity contribution in [1.82, 2.24) is 14.7 Å². The Kier molecular flexibility index (Phi) is 15.2. The molecule has 2 aromatic carbocycles. The van der Waals surface area contributed by atoms with Gasteiger partial charge in [0.1, 0.15) is 5.75 Å². The zero-order valence-electron chi connectivity index (χ0n) is 29.2. The molecule has 0 saturated heterocycles. The molecule has 12 heteroatoms. The van der Waals surface area contributed by atoms with Crippen LogP contribution in [0.15, 0.2) is 42.5 Å². The molecule has 0 aliphatic carbocycles. The summed E-state index contributed by atoms with van der Waals surface area (Å²) >= 11 is 0. The lowest BCUT2D eigenvalue weighted by atomic mass is 10.0. The summed E-state index contributed by atoms with van der Waals surface area (Å²) < 4.78 is 51.8. The molecule has 0 unspecified atom stereocenters. The largest absolute Gasteiger partial charge is 0.490 e. The van der Waals surface area contributed by atoms with Crippen LogP contribution >= 0.6 is 0 Å². The number of ether oxygens (including phenoxy) is 2. The summed E-state index contributed by atoms with van der Waals surface area (Å²) in [5.74, 6) is -0.219. The minimum absolute atomic E-state index is 0.144. The first kappa shape index (κ1) is 39.3. The van der Waals surface area contributed by atoms with Crippen LogP contribution in [0.4, 0.5) is 18.9 Å². The van der Waals surface area contributed by atoms with Crippen molar-refractivity contribution in [3.05, 3.63) is 59.2 Å². The molecule has 0 saturated carbocycles. The molecule has 3 rings (SSSR count). The number of halogens is 3. The lowest BCUT2D eigenvalue weighted by Crippen LogP contribution is -2.47. The molecule has 0 bridgehead atoms. The SMILES string of the molecule is C[C@@H]1CCCCO[C@H](CN(C)Cc2ccc(C(F)(F)F)cc2)[C@H](C)CN([C@H](C)CO)C(=O)c2cc(NC(=O)CCCN(C)C)ccc2O1. The van der Waals surface area contributed by atoms with Gasteiger partial charge in [0.2, 0.25) is 5.91 Å². The van der Waals surface area contributed by atoms with Crippen LogP contribution in [0.2, 0.25) is 0 Å². The molecule has 1 heterocycles. The fraction of sp³-hybridized carbons (Fsp3) is 0.611. The van der Waals surface area contributed by atoms with E-state index in [0.29, 0.717) is 49.5 Å². The number of aliphatic hydroxyl groups excluding tert-OH is 1. The van der Waals surface area contributed by atoms with Crippen LogP contribution < -0.4 is 10.1 Å². The van der Waals surface area contributed by atoms with E-state index in [9.17, 15) is 27.9 Å². The van der Waals surface area contributed by atoms with Crippen molar-refractivity contribution >= 4 is 17.5 Å². The average molecular weight is 679 g/mol. The smallest absolute Gasteiger partial charge is 0.416 e. The van der Waals surface area contributed by atoms with Crippen LogP contribution in [0, 0.1) is 5.92 Å². The van der Waals surface area contributed by atoms with Crippen molar-refractivity contribution in [3.63, 3.8) is 0 Å². The van der Waals surface area contributed by atoms with Crippen LogP contribution in [-0.2, 0) is 22.3 Å². The van der Waals surface area contributed by atoms with Gasteiger partial charge in [0.25, 0.3) is 5.91 Å². The molecule has 1 aliphatic rings. The van der Waals surface area contributed by atoms with Crippen molar-refractivity contribution < 1.29 is 37.3 Å². The number of hydrogen-bond acceptors (Lipinski definition) is 7. The Morgan fingerprint density at radius 3 is 2.46 bits per heavy atom. The Morgan fingerprint density at radius 2 is 1.81 bits per heavy atom. The average Bonchev–Trinajstić information content (AvgIpc) is 3.02. The number of nitrogens with one attached hydrogen (secondary N) is 1. The third kappa shape index (κ3) is 12.4. The molecular formula is C36H53F3N4O5. The second kappa shape index (κ2) is 18.5. The number of aliphatic hydroxyl groups is 1. The van der Waals surface area contributed by atoms with Gasteiger partial charge in [-0.15, -0.1) is 0 Å². The highest BCUT2D eigenvalue weighted by Gasteiger charge is 2.31. The highest BCUT2D eigenvalue weighted by molar-refractivity contribution is 5.99. The van der Waals surface area contributed by atoms with Gasteiger partial charge in [0.05, 0.1) is 36.0 Å². The molecule has 4 atom stereocenters. The first-order chi connectivity index (χ1) is 22.7. The summed E-state index contributed by atoms with van der Waals surface area (Å²) in [6.07, 6.45) is -1.43. The lowest BCUT2D eigenvalue weighted by molar-refractivity contribution is -0.137. The van der Waals surface area contributed by atoms with E-state index in [1.807, 2.05) is 44.8 Å². The second-order valence-electron chi connectivity index (χ2n) is 13.4. The van der Waals surface area contributed by atoms with E-state index in [1.54, 1.807) is 30.0 Å². The van der Waals surface area contributed by atoms with Gasteiger partial charge < -0.3 is 29.7 Å². The maximum atomic E-state index is 14.3. The Balaban J connectivity index is 1.85. The highest BCUT2D eigenvalue weighted by atomic mass is 19.4. The number of benzene rings is 2. The number of fused-ring (bicyclic) bond motifs is 1. The van der Waals surface area contributed by atoms with Gasteiger partial charge in [-0.05, 0) is 103 Å². The zero-order chi connectivity index (χ0) is 35.4. The molecular weight excluding hydrogens is 625 g/mol. The van der Waals surface area contributed by atoms with E-state index in [2.05, 4.69) is 5.32 Å². The quantitative estimate of drug-likeness (QED) is 0.305. The molecule has 0 fully saturated rings. The number of likely N-dealkylation sites (N-methyl/N-ethyl adjacent to an activating group) is 1. The molecule has 9 nitrogen and oxygen atoms in total. The molecule has 2 N–H and O–H groups in total. The summed E-state index contributed by atoms with van der Waals surface area (Å²) in [6, 6.07) is 9.75. The monoisotopic (exact) mass is 678 g/mol. The maximum Gasteiger partial charge on any atom is 0.416 e.